The van der Waals surface area contributed by atoms with E-state index in [2.05, 4.69) is 10.9 Å². The molecule has 4 N–H and O–H groups in total. The number of piperidine rings is 1. The van der Waals surface area contributed by atoms with Crippen LogP contribution in [0.15, 0.2) is 18.2 Å². The maximum Gasteiger partial charge on any atom is 0.257 e. The van der Waals surface area contributed by atoms with Crippen LogP contribution < -0.4 is 16.6 Å². The molecule has 3 atom stereocenters. The number of hydrogen-bond acceptors (Lipinski definition) is 4. The van der Waals surface area contributed by atoms with Crippen LogP contribution in [0.5, 0.6) is 0 Å². The Labute approximate surface area is 138 Å². The summed E-state index contributed by atoms with van der Waals surface area (Å²) < 4.78 is 27.0. The zero-order valence-electron chi connectivity index (χ0n) is 13.1. The van der Waals surface area contributed by atoms with Crippen molar-refractivity contribution >= 4 is 11.8 Å². The normalized spacial score (nSPS) is 27.2. The highest BCUT2D eigenvalue weighted by Crippen LogP contribution is 2.26. The lowest BCUT2D eigenvalue weighted by atomic mass is 9.92. The van der Waals surface area contributed by atoms with Crippen molar-refractivity contribution in [3.8, 4) is 0 Å². The highest BCUT2D eigenvalue weighted by molar-refractivity contribution is 5.94. The first-order chi connectivity index (χ1) is 11.5. The topological polar surface area (TPSA) is 87.5 Å². The van der Waals surface area contributed by atoms with E-state index in [0.29, 0.717) is 19.0 Å². The van der Waals surface area contributed by atoms with Crippen molar-refractivity contribution in [3.63, 3.8) is 0 Å². The summed E-state index contributed by atoms with van der Waals surface area (Å²) >= 11 is 0. The molecule has 0 radical (unpaired) electrons. The average molecular weight is 338 g/mol. The third-order valence-electron chi connectivity index (χ3n) is 4.71. The fourth-order valence-electron chi connectivity index (χ4n) is 3.47. The van der Waals surface area contributed by atoms with Crippen LogP contribution in [0.25, 0.3) is 0 Å². The van der Waals surface area contributed by atoms with Crippen molar-refractivity contribution < 1.29 is 18.4 Å². The Morgan fingerprint density at radius 1 is 1.21 bits per heavy atom. The van der Waals surface area contributed by atoms with Gasteiger partial charge in [-0.1, -0.05) is 0 Å². The Morgan fingerprint density at radius 2 is 2.00 bits per heavy atom. The van der Waals surface area contributed by atoms with Gasteiger partial charge in [0.15, 0.2) is 0 Å². The number of halogens is 2. The van der Waals surface area contributed by atoms with E-state index >= 15 is 0 Å². The summed E-state index contributed by atoms with van der Waals surface area (Å²) in [4.78, 5) is 25.6. The second-order valence-electron chi connectivity index (χ2n) is 6.27. The van der Waals surface area contributed by atoms with Gasteiger partial charge in [-0.05, 0) is 37.8 Å². The number of nitrogens with one attached hydrogen (secondary N) is 2. The zero-order chi connectivity index (χ0) is 17.3. The summed E-state index contributed by atoms with van der Waals surface area (Å²) in [6.45, 7) is 0.500. The summed E-state index contributed by atoms with van der Waals surface area (Å²) in [6, 6.07) is 2.16. The van der Waals surface area contributed by atoms with E-state index in [1.54, 1.807) is 4.90 Å². The van der Waals surface area contributed by atoms with Crippen molar-refractivity contribution in [2.75, 3.05) is 6.54 Å². The molecule has 2 heterocycles. The highest BCUT2D eigenvalue weighted by atomic mass is 19.1. The largest absolute Gasteiger partial charge is 0.368 e. The van der Waals surface area contributed by atoms with Gasteiger partial charge in [-0.25, -0.2) is 14.2 Å². The molecule has 2 amide bonds. The number of amides is 2. The molecule has 2 saturated heterocycles. The number of primary amides is 1. The Morgan fingerprint density at radius 3 is 2.67 bits per heavy atom. The molecule has 3 rings (SSSR count). The van der Waals surface area contributed by atoms with Gasteiger partial charge in [0.2, 0.25) is 5.91 Å². The molecule has 3 unspecified atom stereocenters. The van der Waals surface area contributed by atoms with Crippen LogP contribution in [-0.2, 0) is 4.79 Å². The van der Waals surface area contributed by atoms with Crippen LogP contribution in [0.2, 0.25) is 0 Å². The fraction of sp³-hybridized carbons (Fsp3) is 0.500. The SMILES string of the molecule is NC(=O)C1CC(C2CCCCN2C(=O)c2ccc(F)cc2F)NN1. The van der Waals surface area contributed by atoms with Gasteiger partial charge in [0.05, 0.1) is 5.56 Å². The van der Waals surface area contributed by atoms with E-state index < -0.39 is 29.5 Å². The molecule has 1 aromatic rings. The molecule has 1 aromatic carbocycles. The maximum atomic E-state index is 14.0. The lowest BCUT2D eigenvalue weighted by Crippen LogP contribution is -2.53. The molecule has 2 aliphatic heterocycles. The number of benzene rings is 1. The quantitative estimate of drug-likeness (QED) is 0.756. The van der Waals surface area contributed by atoms with Crippen LogP contribution >= 0.6 is 0 Å². The van der Waals surface area contributed by atoms with E-state index in [-0.39, 0.29) is 17.6 Å². The molecule has 0 saturated carbocycles. The molecule has 0 aliphatic carbocycles. The predicted octanol–water partition coefficient (Wildman–Crippen LogP) is 0.680. The summed E-state index contributed by atoms with van der Waals surface area (Å²) in [6.07, 6.45) is 2.99. The number of likely N-dealkylation sites (tertiary alicyclic amines) is 1. The van der Waals surface area contributed by atoms with E-state index in [9.17, 15) is 18.4 Å². The van der Waals surface area contributed by atoms with Crippen LogP contribution in [0, 0.1) is 11.6 Å². The predicted molar refractivity (Wildman–Crippen MR) is 82.7 cm³/mol. The lowest BCUT2D eigenvalue weighted by Gasteiger charge is -2.39. The van der Waals surface area contributed by atoms with Crippen molar-refractivity contribution in [1.29, 1.82) is 0 Å². The van der Waals surface area contributed by atoms with Crippen LogP contribution in [0.1, 0.15) is 36.0 Å². The molecule has 0 bridgehead atoms. The Bertz CT molecular complexity index is 655. The number of hydrazine groups is 1. The fourth-order valence-corrected chi connectivity index (χ4v) is 3.47. The zero-order valence-corrected chi connectivity index (χ0v) is 13.1. The van der Waals surface area contributed by atoms with Gasteiger partial charge in [0, 0.05) is 24.7 Å². The summed E-state index contributed by atoms with van der Waals surface area (Å²) in [7, 11) is 0. The Balaban J connectivity index is 1.79. The van der Waals surface area contributed by atoms with E-state index in [1.165, 1.54) is 6.07 Å². The summed E-state index contributed by atoms with van der Waals surface area (Å²) in [5.41, 5.74) is 11.0. The van der Waals surface area contributed by atoms with Gasteiger partial charge in [0.25, 0.3) is 5.91 Å². The number of hydrogen-bond donors (Lipinski definition) is 3. The van der Waals surface area contributed by atoms with Crippen LogP contribution in [0.3, 0.4) is 0 Å². The summed E-state index contributed by atoms with van der Waals surface area (Å²) in [5, 5.41) is 0. The van der Waals surface area contributed by atoms with E-state index in [4.69, 9.17) is 5.73 Å². The first-order valence-electron chi connectivity index (χ1n) is 8.04. The molecule has 130 valence electrons. The molecular formula is C16H20F2N4O2. The van der Waals surface area contributed by atoms with E-state index in [0.717, 1.165) is 25.3 Å². The Kier molecular flexibility index (Phi) is 4.77. The molecule has 2 aliphatic rings. The number of nitrogens with two attached hydrogens (primary N) is 1. The molecule has 2 fully saturated rings. The van der Waals surface area contributed by atoms with Crippen molar-refractivity contribution in [2.24, 2.45) is 5.73 Å². The summed E-state index contributed by atoms with van der Waals surface area (Å²) in [5.74, 6) is -2.49. The minimum atomic E-state index is -0.864. The van der Waals surface area contributed by atoms with Crippen molar-refractivity contribution in [3.05, 3.63) is 35.4 Å². The number of nitrogens with zero attached hydrogens (tertiary/aromatic N) is 1. The standard InChI is InChI=1S/C16H20F2N4O2/c17-9-4-5-10(11(18)7-9)16(24)22-6-2-1-3-14(22)12-8-13(15(19)23)21-20-12/h4-5,7,12-14,20-21H,1-3,6,8H2,(H2,19,23). The first kappa shape index (κ1) is 16.8. The van der Waals surface area contributed by atoms with Crippen LogP contribution in [0.4, 0.5) is 8.78 Å². The van der Waals surface area contributed by atoms with Gasteiger partial charge in [0.1, 0.15) is 17.7 Å². The van der Waals surface area contributed by atoms with Gasteiger partial charge < -0.3 is 10.6 Å². The van der Waals surface area contributed by atoms with Gasteiger partial charge in [-0.15, -0.1) is 0 Å². The number of carbonyl (C=O) groups excluding carboxylic acids is 2. The lowest BCUT2D eigenvalue weighted by molar-refractivity contribution is -0.119. The minimum absolute atomic E-state index is 0.138. The van der Waals surface area contributed by atoms with Gasteiger partial charge in [-0.2, -0.15) is 0 Å². The highest BCUT2D eigenvalue weighted by Gasteiger charge is 2.39. The first-order valence-corrected chi connectivity index (χ1v) is 8.04. The third kappa shape index (κ3) is 3.25. The van der Waals surface area contributed by atoms with Crippen molar-refractivity contribution in [2.45, 2.75) is 43.8 Å². The maximum absolute atomic E-state index is 14.0. The molecule has 8 heteroatoms. The molecular weight excluding hydrogens is 318 g/mol. The third-order valence-corrected chi connectivity index (χ3v) is 4.71. The molecule has 24 heavy (non-hydrogen) atoms. The smallest absolute Gasteiger partial charge is 0.257 e. The van der Waals surface area contributed by atoms with Crippen LogP contribution in [-0.4, -0.2) is 41.4 Å². The van der Waals surface area contributed by atoms with Gasteiger partial charge in [-0.3, -0.25) is 15.0 Å². The van der Waals surface area contributed by atoms with Crippen molar-refractivity contribution in [1.82, 2.24) is 15.8 Å². The minimum Gasteiger partial charge on any atom is -0.368 e. The molecule has 0 spiro atoms. The average Bonchev–Trinajstić information content (AvgIpc) is 3.04. The second-order valence-corrected chi connectivity index (χ2v) is 6.27. The Hall–Kier alpha value is -2.06. The molecule has 6 nitrogen and oxygen atoms in total. The molecule has 0 aromatic heterocycles. The second kappa shape index (κ2) is 6.82. The number of carbonyl (C=O) groups is 2. The monoisotopic (exact) mass is 338 g/mol. The number of rotatable bonds is 3. The van der Waals surface area contributed by atoms with E-state index in [1.807, 2.05) is 0 Å². The van der Waals surface area contributed by atoms with Gasteiger partial charge >= 0.3 is 0 Å².